The molecule has 1 saturated carbocycles. The predicted molar refractivity (Wildman–Crippen MR) is 84.6 cm³/mol. The Balaban J connectivity index is 1.71. The first-order valence-electron chi connectivity index (χ1n) is 7.80. The molecular formula is C16H21N3O3S. The van der Waals surface area contributed by atoms with Crippen LogP contribution in [0, 0.1) is 30.1 Å². The summed E-state index contributed by atoms with van der Waals surface area (Å²) in [7, 11) is -3.55. The number of sulfonamides is 1. The van der Waals surface area contributed by atoms with Crippen LogP contribution in [0.15, 0.2) is 29.2 Å². The number of benzene rings is 1. The first kappa shape index (κ1) is 16.4. The molecule has 1 aliphatic heterocycles. The van der Waals surface area contributed by atoms with Crippen molar-refractivity contribution in [2.75, 3.05) is 0 Å². The van der Waals surface area contributed by atoms with Crippen molar-refractivity contribution < 1.29 is 13.2 Å². The van der Waals surface area contributed by atoms with Gasteiger partial charge < -0.3 is 10.5 Å². The van der Waals surface area contributed by atoms with E-state index in [-0.39, 0.29) is 28.9 Å². The first-order chi connectivity index (χ1) is 10.9. The lowest BCUT2D eigenvalue weighted by atomic mass is 9.78. The van der Waals surface area contributed by atoms with Crippen LogP contribution in [0.3, 0.4) is 0 Å². The van der Waals surface area contributed by atoms with Crippen molar-refractivity contribution in [3.8, 4) is 6.07 Å². The summed E-state index contributed by atoms with van der Waals surface area (Å²) in [6, 6.07) is 8.79. The minimum absolute atomic E-state index is 0.00512. The van der Waals surface area contributed by atoms with E-state index in [2.05, 4.69) is 10.8 Å². The zero-order valence-electron chi connectivity index (χ0n) is 13.0. The molecular weight excluding hydrogens is 314 g/mol. The van der Waals surface area contributed by atoms with E-state index in [9.17, 15) is 13.7 Å². The van der Waals surface area contributed by atoms with Gasteiger partial charge in [-0.1, -0.05) is 17.7 Å². The molecule has 23 heavy (non-hydrogen) atoms. The van der Waals surface area contributed by atoms with Gasteiger partial charge in [-0.2, -0.15) is 5.26 Å². The molecule has 2 fully saturated rings. The van der Waals surface area contributed by atoms with E-state index >= 15 is 0 Å². The summed E-state index contributed by atoms with van der Waals surface area (Å²) in [6.07, 6.45) is 1.40. The third-order valence-corrected chi connectivity index (χ3v) is 6.32. The number of aryl methyl sites for hydroxylation is 1. The highest BCUT2D eigenvalue weighted by atomic mass is 32.2. The molecule has 7 heteroatoms. The van der Waals surface area contributed by atoms with Crippen LogP contribution in [0.5, 0.6) is 0 Å². The lowest BCUT2D eigenvalue weighted by Gasteiger charge is -2.31. The molecule has 6 nitrogen and oxygen atoms in total. The van der Waals surface area contributed by atoms with E-state index in [0.717, 1.165) is 12.0 Å². The van der Waals surface area contributed by atoms with Gasteiger partial charge in [-0.05, 0) is 38.3 Å². The fraction of sp³-hybridized carbons (Fsp3) is 0.562. The molecule has 0 unspecified atom stereocenters. The SMILES string of the molecule is Cc1ccc(S(=O)(=O)N[C@@H]2CC[C@H]3O[C@@H](N)[C@@H](C#N)[C@@H]3C2)cc1. The van der Waals surface area contributed by atoms with Crippen LogP contribution in [-0.2, 0) is 14.8 Å². The van der Waals surface area contributed by atoms with Crippen molar-refractivity contribution >= 4 is 10.0 Å². The van der Waals surface area contributed by atoms with Gasteiger partial charge in [-0.15, -0.1) is 0 Å². The van der Waals surface area contributed by atoms with Gasteiger partial charge in [0.15, 0.2) is 0 Å². The smallest absolute Gasteiger partial charge is 0.240 e. The summed E-state index contributed by atoms with van der Waals surface area (Å²) >= 11 is 0. The van der Waals surface area contributed by atoms with E-state index < -0.39 is 16.3 Å². The van der Waals surface area contributed by atoms with Crippen molar-refractivity contribution in [2.24, 2.45) is 17.6 Å². The second-order valence-corrected chi connectivity index (χ2v) is 8.12. The number of nitrogens with zero attached hydrogens (tertiary/aromatic N) is 1. The summed E-state index contributed by atoms with van der Waals surface area (Å²) in [6.45, 7) is 1.91. The molecule has 1 aromatic carbocycles. The maximum atomic E-state index is 12.5. The number of hydrogen-bond donors (Lipinski definition) is 2. The van der Waals surface area contributed by atoms with Crippen molar-refractivity contribution in [2.45, 2.75) is 49.5 Å². The van der Waals surface area contributed by atoms with Gasteiger partial charge in [0.05, 0.1) is 23.0 Å². The molecule has 0 bridgehead atoms. The molecule has 1 aromatic rings. The van der Waals surface area contributed by atoms with Crippen LogP contribution >= 0.6 is 0 Å². The van der Waals surface area contributed by atoms with Crippen molar-refractivity contribution in [1.82, 2.24) is 4.72 Å². The fourth-order valence-corrected chi connectivity index (χ4v) is 4.82. The van der Waals surface area contributed by atoms with E-state index in [1.54, 1.807) is 24.3 Å². The van der Waals surface area contributed by atoms with Gasteiger partial charge in [-0.25, -0.2) is 13.1 Å². The number of hydrogen-bond acceptors (Lipinski definition) is 5. The molecule has 124 valence electrons. The van der Waals surface area contributed by atoms with Crippen LogP contribution in [0.4, 0.5) is 0 Å². The summed E-state index contributed by atoms with van der Waals surface area (Å²) in [5.41, 5.74) is 6.86. The molecule has 5 atom stereocenters. The minimum Gasteiger partial charge on any atom is -0.359 e. The number of nitriles is 1. The van der Waals surface area contributed by atoms with Gasteiger partial charge in [0, 0.05) is 12.0 Å². The monoisotopic (exact) mass is 335 g/mol. The van der Waals surface area contributed by atoms with Crippen molar-refractivity contribution in [3.05, 3.63) is 29.8 Å². The molecule has 1 saturated heterocycles. The van der Waals surface area contributed by atoms with Gasteiger partial charge in [0.2, 0.25) is 10.0 Å². The van der Waals surface area contributed by atoms with Crippen LogP contribution in [-0.4, -0.2) is 26.8 Å². The van der Waals surface area contributed by atoms with Crippen LogP contribution in [0.2, 0.25) is 0 Å². The maximum absolute atomic E-state index is 12.5. The first-order valence-corrected chi connectivity index (χ1v) is 9.28. The Bertz CT molecular complexity index is 711. The quantitative estimate of drug-likeness (QED) is 0.865. The summed E-state index contributed by atoms with van der Waals surface area (Å²) in [5, 5.41) is 9.25. The van der Waals surface area contributed by atoms with Crippen LogP contribution < -0.4 is 10.5 Å². The number of ether oxygens (including phenoxy) is 1. The Hall–Kier alpha value is -1.46. The number of nitrogens with one attached hydrogen (secondary N) is 1. The highest BCUT2D eigenvalue weighted by molar-refractivity contribution is 7.89. The molecule has 2 aliphatic rings. The molecule has 0 spiro atoms. The van der Waals surface area contributed by atoms with Gasteiger partial charge >= 0.3 is 0 Å². The van der Waals surface area contributed by atoms with Crippen molar-refractivity contribution in [1.29, 1.82) is 5.26 Å². The number of fused-ring (bicyclic) bond motifs is 1. The predicted octanol–water partition coefficient (Wildman–Crippen LogP) is 1.27. The highest BCUT2D eigenvalue weighted by Crippen LogP contribution is 2.40. The van der Waals surface area contributed by atoms with Crippen LogP contribution in [0.1, 0.15) is 24.8 Å². The van der Waals surface area contributed by atoms with Gasteiger partial charge in [-0.3, -0.25) is 0 Å². The summed E-state index contributed by atoms with van der Waals surface area (Å²) in [5.74, 6) is -0.374. The summed E-state index contributed by atoms with van der Waals surface area (Å²) < 4.78 is 33.4. The van der Waals surface area contributed by atoms with Crippen LogP contribution in [0.25, 0.3) is 0 Å². The molecule has 1 aliphatic carbocycles. The average Bonchev–Trinajstić information content (AvgIpc) is 2.82. The Morgan fingerprint density at radius 2 is 2.00 bits per heavy atom. The zero-order valence-corrected chi connectivity index (χ0v) is 13.8. The Kier molecular flexibility index (Phi) is 4.43. The van der Waals surface area contributed by atoms with Gasteiger partial charge in [0.1, 0.15) is 6.23 Å². The topological polar surface area (TPSA) is 105 Å². The maximum Gasteiger partial charge on any atom is 0.240 e. The minimum atomic E-state index is -3.55. The molecule has 0 amide bonds. The van der Waals surface area contributed by atoms with E-state index in [4.69, 9.17) is 10.5 Å². The Labute approximate surface area is 136 Å². The standard InChI is InChI=1S/C16H21N3O3S/c1-10-2-5-12(6-3-10)23(20,21)19-11-4-7-15-13(8-11)14(9-17)16(18)22-15/h2-3,5-6,11,13-16,19H,4,7-8,18H2,1H3/t11-,13+,14+,15-,16-/m1/s1. The lowest BCUT2D eigenvalue weighted by molar-refractivity contribution is 0.0171. The number of nitrogens with two attached hydrogens (primary N) is 1. The third-order valence-electron chi connectivity index (χ3n) is 4.78. The second kappa shape index (κ2) is 6.21. The molecule has 0 aromatic heterocycles. The molecule has 1 heterocycles. The average molecular weight is 335 g/mol. The van der Waals surface area contributed by atoms with E-state index in [0.29, 0.717) is 12.8 Å². The Morgan fingerprint density at radius 3 is 2.65 bits per heavy atom. The highest BCUT2D eigenvalue weighted by Gasteiger charge is 2.46. The molecule has 3 rings (SSSR count). The second-order valence-electron chi connectivity index (χ2n) is 6.40. The van der Waals surface area contributed by atoms with E-state index in [1.165, 1.54) is 0 Å². The van der Waals surface area contributed by atoms with Gasteiger partial charge in [0.25, 0.3) is 0 Å². The van der Waals surface area contributed by atoms with E-state index in [1.807, 2.05) is 6.92 Å². The summed E-state index contributed by atoms with van der Waals surface area (Å²) in [4.78, 5) is 0.265. The zero-order chi connectivity index (χ0) is 16.6. The largest absolute Gasteiger partial charge is 0.359 e. The van der Waals surface area contributed by atoms with Crippen molar-refractivity contribution in [3.63, 3.8) is 0 Å². The third kappa shape index (κ3) is 3.26. The number of rotatable bonds is 3. The lowest BCUT2D eigenvalue weighted by Crippen LogP contribution is -2.42. The fourth-order valence-electron chi connectivity index (χ4n) is 3.54. The Morgan fingerprint density at radius 1 is 1.30 bits per heavy atom. The molecule has 0 radical (unpaired) electrons. The normalized spacial score (nSPS) is 33.9. The molecule has 3 N–H and O–H groups in total.